The fourth-order valence-corrected chi connectivity index (χ4v) is 1.82. The Morgan fingerprint density at radius 1 is 1.40 bits per heavy atom. The normalized spacial score (nSPS) is 11.9. The molecule has 0 unspecified atom stereocenters. The first-order valence-corrected chi connectivity index (χ1v) is 5.66. The third-order valence-corrected chi connectivity index (χ3v) is 2.76. The molecule has 80 valence electrons. The maximum atomic E-state index is 11.0. The molecule has 5 nitrogen and oxygen atoms in total. The number of sulfonamides is 1. The van der Waals surface area contributed by atoms with E-state index in [9.17, 15) is 8.42 Å². The van der Waals surface area contributed by atoms with E-state index in [4.69, 9.17) is 14.3 Å². The molecule has 2 aromatic rings. The molecule has 0 aliphatic rings. The molecule has 1 heterocycles. The molecule has 0 bridgehead atoms. The number of hydrogen-bond acceptors (Lipinski definition) is 4. The van der Waals surface area contributed by atoms with Crippen molar-refractivity contribution >= 4 is 21.0 Å². The van der Waals surface area contributed by atoms with Crippen LogP contribution in [0.15, 0.2) is 33.8 Å². The van der Waals surface area contributed by atoms with E-state index in [2.05, 4.69) is 0 Å². The van der Waals surface area contributed by atoms with Crippen LogP contribution in [0.3, 0.4) is 0 Å². The molecule has 15 heavy (non-hydrogen) atoms. The second-order valence-corrected chi connectivity index (χ2v) is 4.47. The third kappa shape index (κ3) is 1.69. The van der Waals surface area contributed by atoms with Crippen molar-refractivity contribution in [1.82, 2.24) is 0 Å². The Kier molecular flexibility index (Phi) is 2.17. The van der Waals surface area contributed by atoms with Gasteiger partial charge < -0.3 is 9.15 Å². The van der Waals surface area contributed by atoms with E-state index in [1.165, 1.54) is 13.2 Å². The molecule has 6 heteroatoms. The van der Waals surface area contributed by atoms with Gasteiger partial charge in [-0.2, -0.15) is 0 Å². The van der Waals surface area contributed by atoms with Crippen molar-refractivity contribution < 1.29 is 17.6 Å². The lowest BCUT2D eigenvalue weighted by molar-refractivity contribution is 0.419. The Bertz CT molecular complexity index is 600. The summed E-state index contributed by atoms with van der Waals surface area (Å²) in [4.78, 5) is 0. The summed E-state index contributed by atoms with van der Waals surface area (Å²) in [6, 6.07) is 6.42. The summed E-state index contributed by atoms with van der Waals surface area (Å²) in [5.41, 5.74) is 0.429. The van der Waals surface area contributed by atoms with Gasteiger partial charge in [0.15, 0.2) is 0 Å². The minimum Gasteiger partial charge on any atom is -0.496 e. The summed E-state index contributed by atoms with van der Waals surface area (Å²) >= 11 is 0. The highest BCUT2D eigenvalue weighted by Crippen LogP contribution is 2.29. The predicted octanol–water partition coefficient (Wildman–Crippen LogP) is 1.09. The average Bonchev–Trinajstić information content (AvgIpc) is 2.59. The van der Waals surface area contributed by atoms with Crippen LogP contribution in [0.25, 0.3) is 11.0 Å². The van der Waals surface area contributed by atoms with Crippen LogP contribution in [-0.2, 0) is 10.0 Å². The van der Waals surface area contributed by atoms with Crippen molar-refractivity contribution in [1.29, 1.82) is 0 Å². The van der Waals surface area contributed by atoms with E-state index in [1.807, 2.05) is 0 Å². The minimum absolute atomic E-state index is 0.262. The summed E-state index contributed by atoms with van der Waals surface area (Å²) in [7, 11) is -2.31. The van der Waals surface area contributed by atoms with Gasteiger partial charge in [-0.3, -0.25) is 0 Å². The van der Waals surface area contributed by atoms with E-state index in [0.29, 0.717) is 16.7 Å². The summed E-state index contributed by atoms with van der Waals surface area (Å²) in [6.07, 6.45) is 0. The quantitative estimate of drug-likeness (QED) is 0.832. The van der Waals surface area contributed by atoms with Crippen molar-refractivity contribution in [3.05, 3.63) is 24.3 Å². The van der Waals surface area contributed by atoms with Gasteiger partial charge in [0.05, 0.1) is 12.5 Å². The van der Waals surface area contributed by atoms with Gasteiger partial charge in [0.1, 0.15) is 11.3 Å². The number of hydrogen-bond donors (Lipinski definition) is 1. The lowest BCUT2D eigenvalue weighted by Crippen LogP contribution is -2.10. The van der Waals surface area contributed by atoms with Gasteiger partial charge in [-0.1, -0.05) is 6.07 Å². The number of rotatable bonds is 2. The highest BCUT2D eigenvalue weighted by Gasteiger charge is 2.16. The van der Waals surface area contributed by atoms with E-state index in [-0.39, 0.29) is 5.09 Å². The van der Waals surface area contributed by atoms with Gasteiger partial charge in [-0.05, 0) is 12.1 Å². The molecule has 0 aliphatic carbocycles. The summed E-state index contributed by atoms with van der Waals surface area (Å²) in [5, 5.41) is 5.27. The van der Waals surface area contributed by atoms with Crippen LogP contribution in [-0.4, -0.2) is 15.5 Å². The molecule has 0 saturated heterocycles. The largest absolute Gasteiger partial charge is 0.496 e. The van der Waals surface area contributed by atoms with Crippen LogP contribution < -0.4 is 9.88 Å². The summed E-state index contributed by atoms with van der Waals surface area (Å²) < 4.78 is 32.2. The van der Waals surface area contributed by atoms with Gasteiger partial charge in [0.2, 0.25) is 5.09 Å². The third-order valence-electron chi connectivity index (χ3n) is 2.00. The standard InChI is InChI=1S/C9H9NO4S/c1-13-7-3-2-4-8-6(7)5-9(14-8)15(10,11)12/h2-5H,1H3,(H2,10,11,12). The Morgan fingerprint density at radius 2 is 2.13 bits per heavy atom. The molecule has 1 aromatic heterocycles. The van der Waals surface area contributed by atoms with E-state index < -0.39 is 10.0 Å². The lowest BCUT2D eigenvalue weighted by Gasteiger charge is -1.98. The van der Waals surface area contributed by atoms with Crippen molar-refractivity contribution in [2.75, 3.05) is 7.11 Å². The Balaban J connectivity index is 2.76. The SMILES string of the molecule is COc1cccc2oc(S(N)(=O)=O)cc12. The molecule has 0 amide bonds. The lowest BCUT2D eigenvalue weighted by atomic mass is 10.2. The molecule has 2 N–H and O–H groups in total. The zero-order valence-electron chi connectivity index (χ0n) is 7.93. The molecular formula is C9H9NO4S. The number of nitrogens with two attached hydrogens (primary N) is 1. The van der Waals surface area contributed by atoms with Gasteiger partial charge in [-0.25, -0.2) is 13.6 Å². The molecule has 2 rings (SSSR count). The van der Waals surface area contributed by atoms with Crippen molar-refractivity contribution in [2.45, 2.75) is 5.09 Å². The van der Waals surface area contributed by atoms with Crippen molar-refractivity contribution in [2.24, 2.45) is 5.14 Å². The van der Waals surface area contributed by atoms with Gasteiger partial charge >= 0.3 is 0 Å². The number of primary sulfonamides is 1. The summed E-state index contributed by atoms with van der Waals surface area (Å²) in [5.74, 6) is 0.547. The highest BCUT2D eigenvalue weighted by molar-refractivity contribution is 7.89. The molecule has 0 aliphatic heterocycles. The first kappa shape index (κ1) is 10.0. The zero-order valence-corrected chi connectivity index (χ0v) is 8.74. The monoisotopic (exact) mass is 227 g/mol. The molecule has 0 atom stereocenters. The first-order valence-electron chi connectivity index (χ1n) is 4.12. The molecule has 0 radical (unpaired) electrons. The van der Waals surface area contributed by atoms with Gasteiger partial charge in [-0.15, -0.1) is 0 Å². The Morgan fingerprint density at radius 3 is 2.73 bits per heavy atom. The predicted molar refractivity (Wildman–Crippen MR) is 54.1 cm³/mol. The minimum atomic E-state index is -3.81. The topological polar surface area (TPSA) is 82.5 Å². The van der Waals surface area contributed by atoms with E-state index in [1.54, 1.807) is 18.2 Å². The molecule has 0 fully saturated rings. The number of benzene rings is 1. The summed E-state index contributed by atoms with van der Waals surface area (Å²) in [6.45, 7) is 0. The fourth-order valence-electron chi connectivity index (χ4n) is 1.33. The van der Waals surface area contributed by atoms with Gasteiger partial charge in [0.25, 0.3) is 10.0 Å². The maximum Gasteiger partial charge on any atom is 0.271 e. The van der Waals surface area contributed by atoms with Crippen LogP contribution in [0.5, 0.6) is 5.75 Å². The van der Waals surface area contributed by atoms with Gasteiger partial charge in [0, 0.05) is 6.07 Å². The number of ether oxygens (including phenoxy) is 1. The molecule has 0 saturated carbocycles. The zero-order chi connectivity index (χ0) is 11.1. The van der Waals surface area contributed by atoms with E-state index in [0.717, 1.165) is 0 Å². The Hall–Kier alpha value is -1.53. The Labute approximate surface area is 86.5 Å². The van der Waals surface area contributed by atoms with Crippen molar-refractivity contribution in [3.63, 3.8) is 0 Å². The second-order valence-electron chi connectivity index (χ2n) is 2.98. The van der Waals surface area contributed by atoms with E-state index >= 15 is 0 Å². The van der Waals surface area contributed by atoms with Crippen LogP contribution in [0, 0.1) is 0 Å². The number of fused-ring (bicyclic) bond motifs is 1. The molecule has 0 spiro atoms. The molecule has 1 aromatic carbocycles. The molecular weight excluding hydrogens is 218 g/mol. The number of methoxy groups -OCH3 is 1. The second kappa shape index (κ2) is 3.25. The smallest absolute Gasteiger partial charge is 0.271 e. The number of furan rings is 1. The fraction of sp³-hybridized carbons (Fsp3) is 0.111. The van der Waals surface area contributed by atoms with Crippen molar-refractivity contribution in [3.8, 4) is 5.75 Å². The van der Waals surface area contributed by atoms with Crippen LogP contribution >= 0.6 is 0 Å². The van der Waals surface area contributed by atoms with Crippen LogP contribution in [0.2, 0.25) is 0 Å². The maximum absolute atomic E-state index is 11.0. The van der Waals surface area contributed by atoms with Crippen LogP contribution in [0.4, 0.5) is 0 Å². The first-order chi connectivity index (χ1) is 7.02. The van der Waals surface area contributed by atoms with Crippen LogP contribution in [0.1, 0.15) is 0 Å². The highest BCUT2D eigenvalue weighted by atomic mass is 32.2. The average molecular weight is 227 g/mol.